The molecule has 0 saturated heterocycles. The molecule has 0 bridgehead atoms. The minimum atomic E-state index is -0.679. The zero-order chi connectivity index (χ0) is 14.4. The van der Waals surface area contributed by atoms with Crippen LogP contribution in [0.15, 0.2) is 41.5 Å². The summed E-state index contributed by atoms with van der Waals surface area (Å²) in [6.07, 6.45) is 1.14. The molecular weight excluding hydrogens is 260 g/mol. The van der Waals surface area contributed by atoms with E-state index in [0.29, 0.717) is 0 Å². The number of esters is 1. The van der Waals surface area contributed by atoms with Crippen LogP contribution in [0.3, 0.4) is 0 Å². The highest BCUT2D eigenvalue weighted by Crippen LogP contribution is 2.12. The van der Waals surface area contributed by atoms with Gasteiger partial charge in [0.2, 0.25) is 5.75 Å². The first-order valence-corrected chi connectivity index (χ1v) is 6.14. The summed E-state index contributed by atoms with van der Waals surface area (Å²) in [7, 11) is 0. The van der Waals surface area contributed by atoms with Gasteiger partial charge in [-0.3, -0.25) is 4.79 Å². The van der Waals surface area contributed by atoms with Crippen molar-refractivity contribution in [2.45, 2.75) is 13.5 Å². The number of aromatic nitrogens is 2. The molecule has 2 rings (SSSR count). The maximum absolute atomic E-state index is 11.7. The summed E-state index contributed by atoms with van der Waals surface area (Å²) in [6, 6.07) is 9.31. The molecule has 20 heavy (non-hydrogen) atoms. The van der Waals surface area contributed by atoms with Crippen LogP contribution in [0.25, 0.3) is 0 Å². The molecule has 0 amide bonds. The van der Waals surface area contributed by atoms with Gasteiger partial charge in [0.15, 0.2) is 5.69 Å². The number of rotatable bonds is 5. The van der Waals surface area contributed by atoms with Gasteiger partial charge in [-0.25, -0.2) is 9.78 Å². The zero-order valence-corrected chi connectivity index (χ0v) is 11.0. The van der Waals surface area contributed by atoms with Crippen LogP contribution in [0.4, 0.5) is 0 Å². The number of carbonyl (C=O) groups is 1. The van der Waals surface area contributed by atoms with Crippen LogP contribution in [-0.2, 0) is 11.3 Å². The summed E-state index contributed by atoms with van der Waals surface area (Å²) in [6.45, 7) is 2.04. The van der Waals surface area contributed by atoms with Crippen LogP contribution in [0.1, 0.15) is 23.0 Å². The predicted octanol–water partition coefficient (Wildman–Crippen LogP) is 1.53. The van der Waals surface area contributed by atoms with E-state index in [1.165, 1.54) is 0 Å². The number of nitrogens with one attached hydrogen (secondary N) is 1. The second kappa shape index (κ2) is 6.51. The second-order valence-corrected chi connectivity index (χ2v) is 3.90. The fourth-order valence-corrected chi connectivity index (χ4v) is 1.60. The molecule has 0 unspecified atom stereocenters. The molecule has 0 radical (unpaired) electrons. The molecule has 6 heteroatoms. The molecule has 0 saturated carbocycles. The third-order valence-electron chi connectivity index (χ3n) is 2.51. The quantitative estimate of drug-likeness (QED) is 0.836. The van der Waals surface area contributed by atoms with Gasteiger partial charge in [-0.15, -0.1) is 0 Å². The highest BCUT2D eigenvalue weighted by molar-refractivity contribution is 5.89. The molecule has 0 fully saturated rings. The van der Waals surface area contributed by atoms with Crippen molar-refractivity contribution in [3.05, 3.63) is 58.3 Å². The zero-order valence-electron chi connectivity index (χ0n) is 11.0. The van der Waals surface area contributed by atoms with E-state index in [0.717, 1.165) is 11.9 Å². The summed E-state index contributed by atoms with van der Waals surface area (Å²) < 4.78 is 10.3. The monoisotopic (exact) mass is 274 g/mol. The molecule has 1 N–H and O–H groups in total. The predicted molar refractivity (Wildman–Crippen MR) is 71.6 cm³/mol. The summed E-state index contributed by atoms with van der Waals surface area (Å²) in [5, 5.41) is 0. The summed E-state index contributed by atoms with van der Waals surface area (Å²) in [5.74, 6) is -0.809. The Labute approximate surface area is 115 Å². The lowest BCUT2D eigenvalue weighted by atomic mass is 10.2. The van der Waals surface area contributed by atoms with Gasteiger partial charge in [0.25, 0.3) is 5.56 Å². The van der Waals surface area contributed by atoms with E-state index in [9.17, 15) is 9.59 Å². The van der Waals surface area contributed by atoms with Crippen molar-refractivity contribution in [2.24, 2.45) is 0 Å². The number of carbonyl (C=O) groups excluding carboxylic acids is 1. The lowest BCUT2D eigenvalue weighted by Gasteiger charge is -2.08. The normalized spacial score (nSPS) is 10.1. The minimum absolute atomic E-state index is 0.119. The van der Waals surface area contributed by atoms with Crippen molar-refractivity contribution in [2.75, 3.05) is 6.61 Å². The lowest BCUT2D eigenvalue weighted by Crippen LogP contribution is -2.19. The maximum Gasteiger partial charge on any atom is 0.361 e. The number of aromatic amines is 1. The third-order valence-corrected chi connectivity index (χ3v) is 2.51. The Bertz CT molecular complexity index is 637. The van der Waals surface area contributed by atoms with Gasteiger partial charge in [-0.05, 0) is 12.5 Å². The highest BCUT2D eigenvalue weighted by atomic mass is 16.5. The van der Waals surface area contributed by atoms with Crippen molar-refractivity contribution >= 4 is 5.97 Å². The first-order valence-electron chi connectivity index (χ1n) is 6.14. The van der Waals surface area contributed by atoms with Crippen molar-refractivity contribution in [3.8, 4) is 5.75 Å². The fraction of sp³-hybridized carbons (Fsp3) is 0.214. The van der Waals surface area contributed by atoms with Gasteiger partial charge in [-0.1, -0.05) is 30.3 Å². The topological polar surface area (TPSA) is 81.3 Å². The molecular formula is C14H14N2O4. The maximum atomic E-state index is 11.7. The van der Waals surface area contributed by atoms with E-state index in [1.54, 1.807) is 6.92 Å². The molecule has 0 spiro atoms. The minimum Gasteiger partial charge on any atom is -0.481 e. The number of benzene rings is 1. The standard InChI is InChI=1S/C14H14N2O4/c1-2-19-14(18)11-12(13(17)16-9-15-11)20-8-10-6-4-3-5-7-10/h3-7,9H,2,8H2,1H3,(H,15,16,17). The Kier molecular flexibility index (Phi) is 4.49. The Morgan fingerprint density at radius 3 is 2.75 bits per heavy atom. The average Bonchev–Trinajstić information content (AvgIpc) is 2.47. The molecule has 1 aromatic carbocycles. The Morgan fingerprint density at radius 2 is 2.05 bits per heavy atom. The average molecular weight is 274 g/mol. The van der Waals surface area contributed by atoms with Crippen LogP contribution >= 0.6 is 0 Å². The van der Waals surface area contributed by atoms with Crippen molar-refractivity contribution < 1.29 is 14.3 Å². The van der Waals surface area contributed by atoms with Crippen LogP contribution < -0.4 is 10.3 Å². The van der Waals surface area contributed by atoms with Crippen LogP contribution in [0, 0.1) is 0 Å². The van der Waals surface area contributed by atoms with Crippen LogP contribution in [0.5, 0.6) is 5.75 Å². The van der Waals surface area contributed by atoms with E-state index >= 15 is 0 Å². The Balaban J connectivity index is 2.22. The summed E-state index contributed by atoms with van der Waals surface area (Å²) in [4.78, 5) is 29.6. The summed E-state index contributed by atoms with van der Waals surface area (Å²) >= 11 is 0. The molecule has 0 aliphatic rings. The molecule has 6 nitrogen and oxygen atoms in total. The van der Waals surface area contributed by atoms with E-state index in [-0.39, 0.29) is 24.7 Å². The first-order chi connectivity index (χ1) is 9.72. The van der Waals surface area contributed by atoms with Gasteiger partial charge in [-0.2, -0.15) is 0 Å². The lowest BCUT2D eigenvalue weighted by molar-refractivity contribution is 0.0513. The summed E-state index contributed by atoms with van der Waals surface area (Å²) in [5.41, 5.74) is 0.246. The third kappa shape index (κ3) is 3.23. The van der Waals surface area contributed by atoms with E-state index in [1.807, 2.05) is 30.3 Å². The molecule has 1 aromatic heterocycles. The molecule has 104 valence electrons. The number of nitrogens with zero attached hydrogens (tertiary/aromatic N) is 1. The van der Waals surface area contributed by atoms with E-state index in [4.69, 9.17) is 9.47 Å². The fourth-order valence-electron chi connectivity index (χ4n) is 1.60. The van der Waals surface area contributed by atoms with Crippen LogP contribution in [-0.4, -0.2) is 22.5 Å². The van der Waals surface area contributed by atoms with Gasteiger partial charge in [0.05, 0.1) is 12.9 Å². The highest BCUT2D eigenvalue weighted by Gasteiger charge is 2.18. The Morgan fingerprint density at radius 1 is 1.30 bits per heavy atom. The number of ether oxygens (including phenoxy) is 2. The molecule has 1 heterocycles. The molecule has 0 atom stereocenters. The first kappa shape index (κ1) is 13.8. The van der Waals surface area contributed by atoms with Gasteiger partial charge >= 0.3 is 5.97 Å². The van der Waals surface area contributed by atoms with Gasteiger partial charge < -0.3 is 14.5 Å². The largest absolute Gasteiger partial charge is 0.481 e. The van der Waals surface area contributed by atoms with E-state index in [2.05, 4.69) is 9.97 Å². The number of H-pyrrole nitrogens is 1. The van der Waals surface area contributed by atoms with Crippen molar-refractivity contribution in [1.29, 1.82) is 0 Å². The van der Waals surface area contributed by atoms with Gasteiger partial charge in [0, 0.05) is 0 Å². The molecule has 0 aliphatic heterocycles. The van der Waals surface area contributed by atoms with Gasteiger partial charge in [0.1, 0.15) is 6.61 Å². The Hall–Kier alpha value is -2.63. The second-order valence-electron chi connectivity index (χ2n) is 3.90. The number of hydrogen-bond donors (Lipinski definition) is 1. The SMILES string of the molecule is CCOC(=O)c1nc[nH]c(=O)c1OCc1ccccc1. The van der Waals surface area contributed by atoms with E-state index < -0.39 is 11.5 Å². The van der Waals surface area contributed by atoms with Crippen molar-refractivity contribution in [3.63, 3.8) is 0 Å². The smallest absolute Gasteiger partial charge is 0.361 e. The molecule has 0 aliphatic carbocycles. The van der Waals surface area contributed by atoms with Crippen molar-refractivity contribution in [1.82, 2.24) is 9.97 Å². The van der Waals surface area contributed by atoms with Crippen LogP contribution in [0.2, 0.25) is 0 Å². The number of hydrogen-bond acceptors (Lipinski definition) is 5. The molecule has 2 aromatic rings.